The molecule has 2 aliphatic rings. The number of hydrogen-bond donors (Lipinski definition) is 0. The van der Waals surface area contributed by atoms with E-state index in [9.17, 15) is 13.2 Å². The second kappa shape index (κ2) is 8.48. The van der Waals surface area contributed by atoms with E-state index in [2.05, 4.69) is 17.5 Å². The highest BCUT2D eigenvalue weighted by atomic mass is 32.2. The van der Waals surface area contributed by atoms with Crippen LogP contribution in [-0.2, 0) is 21.2 Å². The number of carbonyl (C=O) groups is 1. The van der Waals surface area contributed by atoms with Gasteiger partial charge in [0.2, 0.25) is 10.0 Å². The normalized spacial score (nSPS) is 19.9. The van der Waals surface area contributed by atoms with E-state index >= 15 is 0 Å². The van der Waals surface area contributed by atoms with E-state index < -0.39 is 10.0 Å². The summed E-state index contributed by atoms with van der Waals surface area (Å²) in [6.45, 7) is 2.03. The molecule has 1 aromatic carbocycles. The first-order valence-corrected chi connectivity index (χ1v) is 13.3. The lowest BCUT2D eigenvalue weighted by atomic mass is 9.97. The minimum atomic E-state index is -3.66. The average Bonchev–Trinajstić information content (AvgIpc) is 3.51. The van der Waals surface area contributed by atoms with E-state index in [1.165, 1.54) is 20.8 Å². The van der Waals surface area contributed by atoms with E-state index in [0.717, 1.165) is 11.3 Å². The number of nitrogens with zero attached hydrogens (tertiary/aromatic N) is 2. The van der Waals surface area contributed by atoms with Crippen molar-refractivity contribution in [3.05, 3.63) is 74.1 Å². The Morgan fingerprint density at radius 3 is 2.61 bits per heavy atom. The Morgan fingerprint density at radius 2 is 1.84 bits per heavy atom. The Bertz CT molecular complexity index is 1180. The van der Waals surface area contributed by atoms with Crippen molar-refractivity contribution in [3.8, 4) is 0 Å². The molecule has 1 atom stereocenters. The topological polar surface area (TPSA) is 66.9 Å². The lowest BCUT2D eigenvalue weighted by Gasteiger charge is -2.35. The third kappa shape index (κ3) is 3.85. The molecular weight excluding hydrogens is 452 g/mol. The monoisotopic (exact) mass is 474 g/mol. The molecule has 31 heavy (non-hydrogen) atoms. The van der Waals surface area contributed by atoms with Gasteiger partial charge in [0.25, 0.3) is 5.91 Å². The van der Waals surface area contributed by atoms with Crippen molar-refractivity contribution < 1.29 is 17.9 Å². The largest absolute Gasteiger partial charge is 0.379 e. The number of morpholine rings is 1. The van der Waals surface area contributed by atoms with Crippen LogP contribution in [0.25, 0.3) is 0 Å². The number of amides is 1. The first-order valence-electron chi connectivity index (χ1n) is 10.1. The van der Waals surface area contributed by atoms with Gasteiger partial charge in [-0.15, -0.1) is 22.7 Å². The van der Waals surface area contributed by atoms with E-state index in [0.29, 0.717) is 38.4 Å². The molecule has 0 N–H and O–H groups in total. The Hall–Kier alpha value is -2.04. The molecule has 2 aromatic heterocycles. The van der Waals surface area contributed by atoms with Crippen LogP contribution in [0.5, 0.6) is 0 Å². The van der Waals surface area contributed by atoms with E-state index in [1.807, 2.05) is 16.3 Å². The molecule has 1 amide bonds. The van der Waals surface area contributed by atoms with Crippen LogP contribution in [0.4, 0.5) is 0 Å². The number of hydrogen-bond acceptors (Lipinski definition) is 6. The van der Waals surface area contributed by atoms with Gasteiger partial charge in [-0.05, 0) is 53.1 Å². The molecular formula is C22H22N2O4S3. The van der Waals surface area contributed by atoms with Gasteiger partial charge in [0, 0.05) is 35.0 Å². The number of ether oxygens (including phenoxy) is 1. The Morgan fingerprint density at radius 1 is 1.00 bits per heavy atom. The maximum atomic E-state index is 13.6. The molecule has 9 heteroatoms. The predicted molar refractivity (Wildman–Crippen MR) is 121 cm³/mol. The zero-order valence-electron chi connectivity index (χ0n) is 16.8. The fourth-order valence-electron chi connectivity index (χ4n) is 4.18. The molecule has 162 valence electrons. The number of sulfonamides is 1. The highest BCUT2D eigenvalue weighted by molar-refractivity contribution is 7.89. The second-order valence-corrected chi connectivity index (χ2v) is 11.4. The SMILES string of the molecule is O=C(c1cccc(S(=O)(=O)N2CCOCC2)c1)N1CCc2sccc2[C@@H]1c1cccs1. The van der Waals surface area contributed by atoms with Gasteiger partial charge < -0.3 is 9.64 Å². The van der Waals surface area contributed by atoms with Gasteiger partial charge in [0.15, 0.2) is 0 Å². The maximum Gasteiger partial charge on any atom is 0.254 e. The first-order chi connectivity index (χ1) is 15.1. The summed E-state index contributed by atoms with van der Waals surface area (Å²) in [5.41, 5.74) is 1.57. The summed E-state index contributed by atoms with van der Waals surface area (Å²) in [5.74, 6) is -0.144. The van der Waals surface area contributed by atoms with Crippen molar-refractivity contribution in [1.82, 2.24) is 9.21 Å². The van der Waals surface area contributed by atoms with Crippen molar-refractivity contribution in [1.29, 1.82) is 0 Å². The van der Waals surface area contributed by atoms with E-state index in [1.54, 1.807) is 40.9 Å². The molecule has 2 aliphatic heterocycles. The molecule has 1 saturated heterocycles. The van der Waals surface area contributed by atoms with Crippen molar-refractivity contribution in [2.45, 2.75) is 17.4 Å². The van der Waals surface area contributed by atoms with Gasteiger partial charge in [-0.25, -0.2) is 8.42 Å². The van der Waals surface area contributed by atoms with Crippen molar-refractivity contribution in [2.75, 3.05) is 32.8 Å². The van der Waals surface area contributed by atoms with Crippen molar-refractivity contribution in [3.63, 3.8) is 0 Å². The van der Waals surface area contributed by atoms with Gasteiger partial charge >= 0.3 is 0 Å². The smallest absolute Gasteiger partial charge is 0.254 e. The molecule has 0 radical (unpaired) electrons. The molecule has 0 unspecified atom stereocenters. The Kier molecular flexibility index (Phi) is 5.70. The van der Waals surface area contributed by atoms with Crippen LogP contribution in [-0.4, -0.2) is 56.4 Å². The summed E-state index contributed by atoms with van der Waals surface area (Å²) >= 11 is 3.36. The predicted octanol–water partition coefficient (Wildman–Crippen LogP) is 3.62. The first kappa shape index (κ1) is 20.8. The highest BCUT2D eigenvalue weighted by Crippen LogP contribution is 2.40. The fraction of sp³-hybridized carbons (Fsp3) is 0.318. The van der Waals surface area contributed by atoms with Crippen LogP contribution in [0.1, 0.15) is 31.7 Å². The Labute approximate surface area is 189 Å². The molecule has 3 aromatic rings. The maximum absolute atomic E-state index is 13.6. The van der Waals surface area contributed by atoms with E-state index in [4.69, 9.17) is 4.74 Å². The molecule has 1 fully saturated rings. The van der Waals surface area contributed by atoms with Crippen LogP contribution in [0.2, 0.25) is 0 Å². The summed E-state index contributed by atoms with van der Waals surface area (Å²) in [6, 6.07) is 12.5. The number of thiophene rings is 2. The number of carbonyl (C=O) groups excluding carboxylic acids is 1. The summed E-state index contributed by atoms with van der Waals surface area (Å²) < 4.78 is 32.8. The molecule has 4 heterocycles. The third-order valence-electron chi connectivity index (χ3n) is 5.73. The van der Waals surface area contributed by atoms with E-state index in [-0.39, 0.29) is 16.8 Å². The second-order valence-electron chi connectivity index (χ2n) is 7.51. The van der Waals surface area contributed by atoms with Gasteiger partial charge in [-0.3, -0.25) is 4.79 Å². The summed E-state index contributed by atoms with van der Waals surface area (Å²) in [5, 5.41) is 4.10. The molecule has 0 bridgehead atoms. The zero-order valence-corrected chi connectivity index (χ0v) is 19.2. The van der Waals surface area contributed by atoms with Gasteiger partial charge in [-0.1, -0.05) is 12.1 Å². The van der Waals surface area contributed by atoms with Crippen molar-refractivity contribution in [2.24, 2.45) is 0 Å². The van der Waals surface area contributed by atoms with Crippen LogP contribution in [0.15, 0.2) is 58.1 Å². The summed E-state index contributed by atoms with van der Waals surface area (Å²) in [6.07, 6.45) is 0.812. The lowest BCUT2D eigenvalue weighted by Crippen LogP contribution is -2.41. The minimum absolute atomic E-state index is 0.137. The lowest BCUT2D eigenvalue weighted by molar-refractivity contribution is 0.0698. The third-order valence-corrected chi connectivity index (χ3v) is 9.54. The quantitative estimate of drug-likeness (QED) is 0.579. The van der Waals surface area contributed by atoms with Crippen LogP contribution in [0.3, 0.4) is 0 Å². The minimum Gasteiger partial charge on any atom is -0.379 e. The fourth-order valence-corrected chi connectivity index (χ4v) is 7.39. The highest BCUT2D eigenvalue weighted by Gasteiger charge is 2.34. The Balaban J connectivity index is 1.48. The summed E-state index contributed by atoms with van der Waals surface area (Å²) in [4.78, 5) is 18.1. The summed E-state index contributed by atoms with van der Waals surface area (Å²) in [7, 11) is -3.66. The van der Waals surface area contributed by atoms with Gasteiger partial charge in [0.05, 0.1) is 24.2 Å². The number of rotatable bonds is 4. The van der Waals surface area contributed by atoms with Crippen LogP contribution >= 0.6 is 22.7 Å². The van der Waals surface area contributed by atoms with Crippen molar-refractivity contribution >= 4 is 38.6 Å². The molecule has 0 saturated carbocycles. The number of benzene rings is 1. The zero-order chi connectivity index (χ0) is 21.4. The van der Waals surface area contributed by atoms with Gasteiger partial charge in [-0.2, -0.15) is 4.31 Å². The molecule has 0 spiro atoms. The standard InChI is InChI=1S/C22H22N2O4S3/c25-22(16-3-1-4-17(15-16)31(26,27)23-9-11-28-12-10-23)24-8-6-19-18(7-14-30-19)21(24)20-5-2-13-29-20/h1-5,7,13-15,21H,6,8-12H2/t21-/m1/s1. The molecule has 6 nitrogen and oxygen atoms in total. The number of fused-ring (bicyclic) bond motifs is 1. The van der Waals surface area contributed by atoms with Crippen LogP contribution < -0.4 is 0 Å². The average molecular weight is 475 g/mol. The van der Waals surface area contributed by atoms with Crippen LogP contribution in [0, 0.1) is 0 Å². The molecule has 5 rings (SSSR count). The van der Waals surface area contributed by atoms with Gasteiger partial charge in [0.1, 0.15) is 0 Å². The molecule has 0 aliphatic carbocycles.